The molecule has 1 N–H and O–H groups in total. The molecule has 0 aromatic carbocycles. The van der Waals surface area contributed by atoms with E-state index in [2.05, 4.69) is 25.2 Å². The molecule has 3 rings (SSSR count). The summed E-state index contributed by atoms with van der Waals surface area (Å²) in [7, 11) is 0. The Labute approximate surface area is 162 Å². The summed E-state index contributed by atoms with van der Waals surface area (Å²) in [4.78, 5) is 12.0. The van der Waals surface area contributed by atoms with E-state index in [1.165, 1.54) is 6.20 Å². The minimum Gasteiger partial charge on any atom is -0.476 e. The molecule has 7 nitrogen and oxygen atoms in total. The van der Waals surface area contributed by atoms with Crippen LogP contribution in [0.4, 0.5) is 16.0 Å². The van der Waals surface area contributed by atoms with Crippen molar-refractivity contribution < 1.29 is 9.13 Å². The largest absolute Gasteiger partial charge is 0.476 e. The molecule has 27 heavy (non-hydrogen) atoms. The molecule has 2 heterocycles. The molecule has 1 aliphatic rings. The summed E-state index contributed by atoms with van der Waals surface area (Å²) in [6.45, 7) is 14.6. The van der Waals surface area contributed by atoms with Crippen LogP contribution in [0.15, 0.2) is 12.4 Å². The summed E-state index contributed by atoms with van der Waals surface area (Å²) >= 11 is 6.11. The highest BCUT2D eigenvalue weighted by Gasteiger charge is 2.40. The fraction of sp³-hybridized carbons (Fsp3) is 0.556. The van der Waals surface area contributed by atoms with Gasteiger partial charge in [-0.3, -0.25) is 4.85 Å². The number of hydrogen-bond acceptors (Lipinski definition) is 5. The number of anilines is 2. The number of nitrogens with zero attached hydrogens (tertiary/aromatic N) is 5. The van der Waals surface area contributed by atoms with Crippen molar-refractivity contribution in [1.82, 2.24) is 19.7 Å². The van der Waals surface area contributed by atoms with Crippen molar-refractivity contribution in [2.75, 3.05) is 11.9 Å². The fourth-order valence-corrected chi connectivity index (χ4v) is 3.15. The third-order valence-corrected chi connectivity index (χ3v) is 4.84. The molecule has 0 unspecified atom stereocenters. The molecule has 0 aliphatic heterocycles. The molecule has 2 aromatic heterocycles. The van der Waals surface area contributed by atoms with Crippen LogP contribution in [0.25, 0.3) is 4.85 Å². The first-order chi connectivity index (χ1) is 12.6. The topological polar surface area (TPSA) is 69.2 Å². The average molecular weight is 393 g/mol. The van der Waals surface area contributed by atoms with Gasteiger partial charge in [-0.05, 0) is 32.6 Å². The van der Waals surface area contributed by atoms with Gasteiger partial charge in [0.2, 0.25) is 11.8 Å². The van der Waals surface area contributed by atoms with E-state index in [1.54, 1.807) is 31.6 Å². The molecule has 1 aliphatic carbocycles. The van der Waals surface area contributed by atoms with E-state index in [0.29, 0.717) is 41.8 Å². The van der Waals surface area contributed by atoms with E-state index in [4.69, 9.17) is 22.9 Å². The zero-order valence-electron chi connectivity index (χ0n) is 15.8. The molecule has 1 saturated carbocycles. The second kappa shape index (κ2) is 6.97. The second-order valence-electron chi connectivity index (χ2n) is 7.65. The van der Waals surface area contributed by atoms with Gasteiger partial charge in [-0.25, -0.2) is 15.9 Å². The van der Waals surface area contributed by atoms with E-state index in [9.17, 15) is 4.39 Å². The number of alkyl halides is 1. The predicted molar refractivity (Wildman–Crippen MR) is 101 cm³/mol. The van der Waals surface area contributed by atoms with Crippen LogP contribution >= 0.6 is 11.6 Å². The molecule has 0 atom stereocenters. The van der Waals surface area contributed by atoms with Crippen LogP contribution in [0.5, 0.6) is 5.88 Å². The van der Waals surface area contributed by atoms with Crippen molar-refractivity contribution >= 4 is 23.2 Å². The van der Waals surface area contributed by atoms with Crippen molar-refractivity contribution in [3.63, 3.8) is 0 Å². The Balaban J connectivity index is 1.70. The lowest BCUT2D eigenvalue weighted by atomic mass is 9.74. The summed E-state index contributed by atoms with van der Waals surface area (Å²) in [6, 6.07) is 0. The fourth-order valence-electron chi connectivity index (χ4n) is 3.01. The molecule has 0 bridgehead atoms. The third-order valence-electron chi connectivity index (χ3n) is 4.58. The Bertz CT molecular complexity index is 880. The average Bonchev–Trinajstić information content (AvgIpc) is 2.95. The summed E-state index contributed by atoms with van der Waals surface area (Å²) in [5.74, 6) is 0.730. The SMILES string of the molecule is [C-]#[N+]C(C)(C)n1cc(Nc2ncc(Cl)c(OCC3CC(C)(F)C3)n2)c(C)n1. The number of aryl methyl sites for hydroxylation is 1. The van der Waals surface area contributed by atoms with Gasteiger partial charge in [-0.15, -0.1) is 0 Å². The van der Waals surface area contributed by atoms with E-state index < -0.39 is 11.3 Å². The normalized spacial score (nSPS) is 22.0. The molecule has 0 spiro atoms. The Morgan fingerprint density at radius 2 is 2.22 bits per heavy atom. The molecular weight excluding hydrogens is 371 g/mol. The van der Waals surface area contributed by atoms with Gasteiger partial charge in [0.25, 0.3) is 0 Å². The lowest BCUT2D eigenvalue weighted by Gasteiger charge is -2.38. The number of halogens is 2. The number of rotatable bonds is 6. The van der Waals surface area contributed by atoms with Gasteiger partial charge in [0.15, 0.2) is 0 Å². The Morgan fingerprint density at radius 3 is 2.85 bits per heavy atom. The minimum absolute atomic E-state index is 0.166. The minimum atomic E-state index is -1.09. The lowest BCUT2D eigenvalue weighted by molar-refractivity contribution is 0.00165. The number of aromatic nitrogens is 4. The molecule has 2 aromatic rings. The second-order valence-corrected chi connectivity index (χ2v) is 8.06. The zero-order valence-corrected chi connectivity index (χ0v) is 16.5. The first-order valence-corrected chi connectivity index (χ1v) is 9.04. The summed E-state index contributed by atoms with van der Waals surface area (Å²) in [5.41, 5.74) is -0.475. The van der Waals surface area contributed by atoms with Crippen molar-refractivity contribution in [3.8, 4) is 5.88 Å². The van der Waals surface area contributed by atoms with Gasteiger partial charge < -0.3 is 10.1 Å². The van der Waals surface area contributed by atoms with Gasteiger partial charge in [0, 0.05) is 13.8 Å². The zero-order chi connectivity index (χ0) is 19.8. The van der Waals surface area contributed by atoms with E-state index in [-0.39, 0.29) is 11.8 Å². The van der Waals surface area contributed by atoms with Gasteiger partial charge in [0.1, 0.15) is 10.7 Å². The molecule has 0 radical (unpaired) electrons. The maximum atomic E-state index is 13.6. The van der Waals surface area contributed by atoms with Crippen molar-refractivity contribution in [3.05, 3.63) is 34.5 Å². The van der Waals surface area contributed by atoms with Gasteiger partial charge in [0.05, 0.1) is 30.4 Å². The summed E-state index contributed by atoms with van der Waals surface area (Å²) in [6.07, 6.45) is 4.16. The van der Waals surface area contributed by atoms with Crippen molar-refractivity contribution in [2.24, 2.45) is 5.92 Å². The highest BCUT2D eigenvalue weighted by atomic mass is 35.5. The van der Waals surface area contributed by atoms with E-state index >= 15 is 0 Å². The smallest absolute Gasteiger partial charge is 0.319 e. The Kier molecular flexibility index (Phi) is 5.00. The third kappa shape index (κ3) is 4.30. The van der Waals surface area contributed by atoms with Crippen LogP contribution in [0, 0.1) is 19.4 Å². The first-order valence-electron chi connectivity index (χ1n) is 8.66. The van der Waals surface area contributed by atoms with Crippen LogP contribution in [0.1, 0.15) is 39.3 Å². The Hall–Kier alpha value is -2.40. The predicted octanol–water partition coefficient (Wildman–Crippen LogP) is 4.51. The molecule has 0 amide bonds. The number of ether oxygens (including phenoxy) is 1. The monoisotopic (exact) mass is 392 g/mol. The van der Waals surface area contributed by atoms with Crippen molar-refractivity contribution in [1.29, 1.82) is 0 Å². The van der Waals surface area contributed by atoms with E-state index in [1.807, 2.05) is 6.92 Å². The van der Waals surface area contributed by atoms with Crippen LogP contribution in [0.3, 0.4) is 0 Å². The summed E-state index contributed by atoms with van der Waals surface area (Å²) < 4.78 is 20.8. The molecule has 9 heteroatoms. The standard InChI is InChI=1S/C18H22ClFN6O/c1-11-14(9-26(25-11)17(2,3)21-5)23-16-22-8-13(19)15(24-16)27-10-12-6-18(4,20)7-12/h8-9,12H,6-7,10H2,1-4H3,(H,22,23,24). The number of hydrogen-bond donors (Lipinski definition) is 1. The van der Waals surface area contributed by atoms with Crippen LogP contribution in [-0.2, 0) is 5.66 Å². The van der Waals surface area contributed by atoms with Gasteiger partial charge in [-0.2, -0.15) is 14.8 Å². The highest BCUT2D eigenvalue weighted by molar-refractivity contribution is 6.31. The highest BCUT2D eigenvalue weighted by Crippen LogP contribution is 2.41. The van der Waals surface area contributed by atoms with Crippen molar-refractivity contribution in [2.45, 2.75) is 51.9 Å². The van der Waals surface area contributed by atoms with Crippen LogP contribution < -0.4 is 10.1 Å². The lowest BCUT2D eigenvalue weighted by Crippen LogP contribution is -2.39. The van der Waals surface area contributed by atoms with Gasteiger partial charge >= 0.3 is 5.66 Å². The van der Waals surface area contributed by atoms with E-state index in [0.717, 1.165) is 0 Å². The maximum absolute atomic E-state index is 13.6. The number of nitrogens with one attached hydrogen (secondary N) is 1. The van der Waals surface area contributed by atoms with Gasteiger partial charge in [-0.1, -0.05) is 11.6 Å². The summed E-state index contributed by atoms with van der Waals surface area (Å²) in [5, 5.41) is 7.75. The quantitative estimate of drug-likeness (QED) is 0.732. The Morgan fingerprint density at radius 1 is 1.52 bits per heavy atom. The molecule has 144 valence electrons. The molecule has 1 fully saturated rings. The molecule has 0 saturated heterocycles. The molecular formula is C18H22ClFN6O. The van der Waals surface area contributed by atoms with Crippen LogP contribution in [0.2, 0.25) is 5.02 Å². The first kappa shape index (κ1) is 19.4. The van der Waals surface area contributed by atoms with Crippen LogP contribution in [-0.4, -0.2) is 32.0 Å². The maximum Gasteiger partial charge on any atom is 0.319 e.